The molecule has 0 aliphatic carbocycles. The zero-order chi connectivity index (χ0) is 18.6. The SMILES string of the molecule is CC(C)=CCC/C(C)=C/COc1cc2c(C(=O)O)c(C)oc2cc1Br. The lowest BCUT2D eigenvalue weighted by Gasteiger charge is -2.07. The van der Waals surface area contributed by atoms with Gasteiger partial charge in [0.2, 0.25) is 0 Å². The summed E-state index contributed by atoms with van der Waals surface area (Å²) in [6.45, 7) is 8.36. The van der Waals surface area contributed by atoms with Gasteiger partial charge in [-0.2, -0.15) is 0 Å². The minimum atomic E-state index is -1.00. The van der Waals surface area contributed by atoms with Crippen LogP contribution in [0.2, 0.25) is 0 Å². The third-order valence-corrected chi connectivity index (χ3v) is 4.51. The summed E-state index contributed by atoms with van der Waals surface area (Å²) in [6.07, 6.45) is 6.29. The number of aryl methyl sites for hydroxylation is 1. The molecule has 0 radical (unpaired) electrons. The molecule has 0 bridgehead atoms. The molecule has 0 unspecified atom stereocenters. The summed E-state index contributed by atoms with van der Waals surface area (Å²) in [7, 11) is 0. The van der Waals surface area contributed by atoms with Crippen molar-refractivity contribution in [1.29, 1.82) is 0 Å². The molecule has 1 N–H and O–H groups in total. The van der Waals surface area contributed by atoms with Gasteiger partial charge in [-0.15, -0.1) is 0 Å². The molecule has 0 saturated carbocycles. The first kappa shape index (κ1) is 19.3. The van der Waals surface area contributed by atoms with Gasteiger partial charge in [-0.1, -0.05) is 17.2 Å². The van der Waals surface area contributed by atoms with E-state index in [-0.39, 0.29) is 5.56 Å². The number of fused-ring (bicyclic) bond motifs is 1. The number of hydrogen-bond donors (Lipinski definition) is 1. The Bertz CT molecular complexity index is 839. The van der Waals surface area contributed by atoms with Crippen LogP contribution in [0.1, 0.15) is 49.7 Å². The molecular weight excluding hydrogens is 384 g/mol. The number of carboxylic acids is 1. The molecule has 0 aliphatic heterocycles. The lowest BCUT2D eigenvalue weighted by Crippen LogP contribution is -1.98. The number of aromatic carboxylic acids is 1. The van der Waals surface area contributed by atoms with Crippen molar-refractivity contribution >= 4 is 32.9 Å². The molecule has 5 heteroatoms. The second-order valence-corrected chi connectivity index (χ2v) is 7.15. The zero-order valence-corrected chi connectivity index (χ0v) is 16.6. The molecule has 0 atom stereocenters. The van der Waals surface area contributed by atoms with Gasteiger partial charge >= 0.3 is 5.97 Å². The molecule has 25 heavy (non-hydrogen) atoms. The number of carboxylic acid groups (broad SMARTS) is 1. The van der Waals surface area contributed by atoms with Crippen LogP contribution in [0.25, 0.3) is 11.0 Å². The number of benzene rings is 1. The van der Waals surface area contributed by atoms with Crippen molar-refractivity contribution in [2.75, 3.05) is 6.61 Å². The van der Waals surface area contributed by atoms with E-state index in [1.807, 2.05) is 6.08 Å². The molecule has 134 valence electrons. The summed E-state index contributed by atoms with van der Waals surface area (Å²) in [5.41, 5.74) is 3.30. The maximum absolute atomic E-state index is 11.4. The molecule has 4 nitrogen and oxygen atoms in total. The number of carbonyl (C=O) groups is 1. The molecule has 0 aliphatic rings. The topological polar surface area (TPSA) is 59.7 Å². The first-order chi connectivity index (χ1) is 11.8. The Hall–Kier alpha value is -2.01. The van der Waals surface area contributed by atoms with Crippen LogP contribution in [0, 0.1) is 6.92 Å². The first-order valence-electron chi connectivity index (χ1n) is 8.17. The number of allylic oxidation sites excluding steroid dienone is 3. The second-order valence-electron chi connectivity index (χ2n) is 6.30. The molecule has 2 aromatic rings. The largest absolute Gasteiger partial charge is 0.488 e. The Kier molecular flexibility index (Phi) is 6.48. The average Bonchev–Trinajstić information content (AvgIpc) is 2.81. The van der Waals surface area contributed by atoms with E-state index >= 15 is 0 Å². The maximum atomic E-state index is 11.4. The van der Waals surface area contributed by atoms with E-state index in [0.717, 1.165) is 17.3 Å². The summed E-state index contributed by atoms with van der Waals surface area (Å²) in [5, 5.41) is 9.90. The fourth-order valence-electron chi connectivity index (χ4n) is 2.56. The number of furan rings is 1. The van der Waals surface area contributed by atoms with Crippen LogP contribution >= 0.6 is 15.9 Å². The van der Waals surface area contributed by atoms with Crippen molar-refractivity contribution in [2.45, 2.75) is 40.5 Å². The highest BCUT2D eigenvalue weighted by Gasteiger charge is 2.19. The smallest absolute Gasteiger partial charge is 0.339 e. The number of ether oxygens (including phenoxy) is 1. The first-order valence-corrected chi connectivity index (χ1v) is 8.96. The lowest BCUT2D eigenvalue weighted by molar-refractivity contribution is 0.0697. The summed E-state index contributed by atoms with van der Waals surface area (Å²) in [6, 6.07) is 3.46. The Morgan fingerprint density at radius 1 is 1.28 bits per heavy atom. The Morgan fingerprint density at radius 2 is 2.00 bits per heavy atom. The highest BCUT2D eigenvalue weighted by molar-refractivity contribution is 9.10. The highest BCUT2D eigenvalue weighted by Crippen LogP contribution is 2.35. The normalized spacial score (nSPS) is 11.6. The van der Waals surface area contributed by atoms with Crippen molar-refractivity contribution < 1.29 is 19.1 Å². The average molecular weight is 407 g/mol. The van der Waals surface area contributed by atoms with Gasteiger partial charge in [0.1, 0.15) is 29.3 Å². The molecule has 1 aromatic heterocycles. The summed E-state index contributed by atoms with van der Waals surface area (Å²) in [5.74, 6) is -0.00903. The van der Waals surface area contributed by atoms with E-state index < -0.39 is 5.97 Å². The van der Waals surface area contributed by atoms with Gasteiger partial charge in [-0.25, -0.2) is 4.79 Å². The second kappa shape index (κ2) is 8.39. The van der Waals surface area contributed by atoms with Crippen LogP contribution in [0.15, 0.2) is 44.3 Å². The van der Waals surface area contributed by atoms with E-state index in [9.17, 15) is 9.90 Å². The molecule has 0 amide bonds. The quantitative estimate of drug-likeness (QED) is 0.550. The fourth-order valence-corrected chi connectivity index (χ4v) is 3.00. The van der Waals surface area contributed by atoms with Gasteiger partial charge in [0, 0.05) is 5.39 Å². The predicted molar refractivity (Wildman–Crippen MR) is 104 cm³/mol. The van der Waals surface area contributed by atoms with Crippen LogP contribution < -0.4 is 4.74 Å². The predicted octanol–water partition coefficient (Wildman–Crippen LogP) is 6.27. The molecular formula is C20H23BrO4. The van der Waals surface area contributed by atoms with Crippen molar-refractivity contribution in [3.05, 3.63) is 51.2 Å². The third kappa shape index (κ3) is 4.98. The van der Waals surface area contributed by atoms with E-state index in [1.54, 1.807) is 19.1 Å². The van der Waals surface area contributed by atoms with Crippen molar-refractivity contribution in [2.24, 2.45) is 0 Å². The Morgan fingerprint density at radius 3 is 2.64 bits per heavy atom. The summed E-state index contributed by atoms with van der Waals surface area (Å²) < 4.78 is 12.1. The van der Waals surface area contributed by atoms with E-state index in [0.29, 0.717) is 29.1 Å². The zero-order valence-electron chi connectivity index (χ0n) is 15.0. The minimum Gasteiger partial charge on any atom is -0.488 e. The summed E-state index contributed by atoms with van der Waals surface area (Å²) >= 11 is 3.45. The van der Waals surface area contributed by atoms with Crippen molar-refractivity contribution in [1.82, 2.24) is 0 Å². The van der Waals surface area contributed by atoms with Gasteiger partial charge in [-0.05, 0) is 74.7 Å². The molecule has 2 rings (SSSR count). The van der Waals surface area contributed by atoms with Gasteiger partial charge in [0.05, 0.1) is 4.47 Å². The van der Waals surface area contributed by atoms with Crippen molar-refractivity contribution in [3.8, 4) is 5.75 Å². The van der Waals surface area contributed by atoms with Crippen LogP contribution in [0.5, 0.6) is 5.75 Å². The van der Waals surface area contributed by atoms with Gasteiger partial charge < -0.3 is 14.3 Å². The fraction of sp³-hybridized carbons (Fsp3) is 0.350. The molecule has 0 saturated heterocycles. The van der Waals surface area contributed by atoms with Crippen LogP contribution in [0.3, 0.4) is 0 Å². The monoisotopic (exact) mass is 406 g/mol. The molecule has 1 aromatic carbocycles. The van der Waals surface area contributed by atoms with Crippen LogP contribution in [0.4, 0.5) is 0 Å². The Balaban J connectivity index is 2.13. The lowest BCUT2D eigenvalue weighted by atomic mass is 10.1. The molecule has 0 spiro atoms. The van der Waals surface area contributed by atoms with Gasteiger partial charge in [0.25, 0.3) is 0 Å². The minimum absolute atomic E-state index is 0.181. The Labute approximate surface area is 156 Å². The van der Waals surface area contributed by atoms with Crippen LogP contribution in [-0.2, 0) is 0 Å². The number of hydrogen-bond acceptors (Lipinski definition) is 3. The standard InChI is InChI=1S/C20H23BrO4/c1-12(2)6-5-7-13(3)8-9-24-18-10-15-17(11-16(18)21)25-14(4)19(15)20(22)23/h6,8,10-11H,5,7,9H2,1-4H3,(H,22,23)/b13-8+. The van der Waals surface area contributed by atoms with Crippen molar-refractivity contribution in [3.63, 3.8) is 0 Å². The molecule has 1 heterocycles. The van der Waals surface area contributed by atoms with E-state index in [1.165, 1.54) is 11.1 Å². The third-order valence-electron chi connectivity index (χ3n) is 3.89. The van der Waals surface area contributed by atoms with E-state index in [2.05, 4.69) is 42.8 Å². The molecule has 0 fully saturated rings. The highest BCUT2D eigenvalue weighted by atomic mass is 79.9. The van der Waals surface area contributed by atoms with Crippen LogP contribution in [-0.4, -0.2) is 17.7 Å². The maximum Gasteiger partial charge on any atom is 0.339 e. The number of halogens is 1. The van der Waals surface area contributed by atoms with Gasteiger partial charge in [0.15, 0.2) is 0 Å². The van der Waals surface area contributed by atoms with E-state index in [4.69, 9.17) is 9.15 Å². The summed E-state index contributed by atoms with van der Waals surface area (Å²) in [4.78, 5) is 11.4. The van der Waals surface area contributed by atoms with Gasteiger partial charge in [-0.3, -0.25) is 0 Å². The number of rotatable bonds is 7.